The molecule has 1 aromatic carbocycles. The van der Waals surface area contributed by atoms with Crippen LogP contribution in [-0.4, -0.2) is 24.3 Å². The Balaban J connectivity index is 2.43. The van der Waals surface area contributed by atoms with Gasteiger partial charge < -0.3 is 15.7 Å². The second kappa shape index (κ2) is 7.03. The van der Waals surface area contributed by atoms with Crippen LogP contribution in [0, 0.1) is 0 Å². The second-order valence-electron chi connectivity index (χ2n) is 2.98. The predicted octanol–water partition coefficient (Wildman–Crippen LogP) is 1.71. The van der Waals surface area contributed by atoms with Gasteiger partial charge in [-0.1, -0.05) is 34.1 Å². The fourth-order valence-electron chi connectivity index (χ4n) is 1.04. The smallest absolute Gasteiger partial charge is 0.318 e. The van der Waals surface area contributed by atoms with E-state index in [-0.39, 0.29) is 19.2 Å². The molecule has 5 heteroatoms. The van der Waals surface area contributed by atoms with Gasteiger partial charge in [-0.15, -0.1) is 0 Å². The third-order valence-electron chi connectivity index (χ3n) is 1.78. The number of rotatable bonds is 4. The summed E-state index contributed by atoms with van der Waals surface area (Å²) in [7, 11) is 0. The van der Waals surface area contributed by atoms with Crippen molar-refractivity contribution in [2.45, 2.75) is 0 Å². The highest BCUT2D eigenvalue weighted by atomic mass is 79.9. The maximum absolute atomic E-state index is 11.1. The number of hydrogen-bond donors (Lipinski definition) is 3. The molecule has 0 spiro atoms. The summed E-state index contributed by atoms with van der Waals surface area (Å²) in [4.78, 5) is 11.1. The fraction of sp³-hybridized carbons (Fsp3) is 0.182. The average Bonchev–Trinajstić information content (AvgIpc) is 2.29. The van der Waals surface area contributed by atoms with E-state index in [0.29, 0.717) is 0 Å². The first-order chi connectivity index (χ1) is 7.74. The number of urea groups is 1. The van der Waals surface area contributed by atoms with E-state index in [1.807, 2.05) is 24.3 Å². The molecule has 0 saturated heterocycles. The minimum Gasteiger partial charge on any atom is -0.395 e. The Morgan fingerprint density at radius 1 is 1.44 bits per heavy atom. The van der Waals surface area contributed by atoms with E-state index >= 15 is 0 Å². The van der Waals surface area contributed by atoms with Gasteiger partial charge in [-0.05, 0) is 17.7 Å². The molecule has 0 saturated carbocycles. The molecule has 1 aromatic rings. The monoisotopic (exact) mass is 284 g/mol. The van der Waals surface area contributed by atoms with Crippen LogP contribution in [0.2, 0.25) is 0 Å². The molecule has 0 aliphatic rings. The lowest BCUT2D eigenvalue weighted by molar-refractivity contribution is 0.237. The number of aliphatic hydroxyl groups excluding tert-OH is 1. The SMILES string of the molecule is O=C(N/C=C/c1ccccc1Br)NCCO. The van der Waals surface area contributed by atoms with Crippen LogP contribution in [0.1, 0.15) is 5.56 Å². The van der Waals surface area contributed by atoms with Crippen molar-refractivity contribution in [2.75, 3.05) is 13.2 Å². The lowest BCUT2D eigenvalue weighted by Gasteiger charge is -2.01. The molecule has 0 unspecified atom stereocenters. The third-order valence-corrected chi connectivity index (χ3v) is 2.50. The van der Waals surface area contributed by atoms with Crippen molar-refractivity contribution >= 4 is 28.0 Å². The number of aliphatic hydroxyl groups is 1. The maximum atomic E-state index is 11.1. The molecule has 0 aliphatic carbocycles. The van der Waals surface area contributed by atoms with Crippen molar-refractivity contribution in [3.63, 3.8) is 0 Å². The van der Waals surface area contributed by atoms with Crippen LogP contribution in [-0.2, 0) is 0 Å². The Bertz CT molecular complexity index is 380. The van der Waals surface area contributed by atoms with Crippen LogP contribution < -0.4 is 10.6 Å². The molecule has 16 heavy (non-hydrogen) atoms. The molecule has 3 N–H and O–H groups in total. The van der Waals surface area contributed by atoms with Crippen LogP contribution in [0.3, 0.4) is 0 Å². The number of amides is 2. The van der Waals surface area contributed by atoms with Crippen molar-refractivity contribution in [2.24, 2.45) is 0 Å². The zero-order chi connectivity index (χ0) is 11.8. The summed E-state index contributed by atoms with van der Waals surface area (Å²) in [6.07, 6.45) is 3.33. The molecule has 0 aromatic heterocycles. The minimum atomic E-state index is -0.336. The molecular weight excluding hydrogens is 272 g/mol. The van der Waals surface area contributed by atoms with Crippen LogP contribution in [0.4, 0.5) is 4.79 Å². The van der Waals surface area contributed by atoms with Crippen LogP contribution in [0.5, 0.6) is 0 Å². The fourth-order valence-corrected chi connectivity index (χ4v) is 1.45. The number of nitrogens with one attached hydrogen (secondary N) is 2. The van der Waals surface area contributed by atoms with E-state index in [0.717, 1.165) is 10.0 Å². The Morgan fingerprint density at radius 2 is 2.19 bits per heavy atom. The van der Waals surface area contributed by atoms with Crippen molar-refractivity contribution in [3.8, 4) is 0 Å². The van der Waals surface area contributed by atoms with Crippen molar-refractivity contribution in [3.05, 3.63) is 40.5 Å². The van der Waals surface area contributed by atoms with Gasteiger partial charge >= 0.3 is 6.03 Å². The Labute approximate surface area is 102 Å². The van der Waals surface area contributed by atoms with E-state index in [1.54, 1.807) is 12.3 Å². The molecule has 4 nitrogen and oxygen atoms in total. The summed E-state index contributed by atoms with van der Waals surface area (Å²) in [5, 5.41) is 13.5. The topological polar surface area (TPSA) is 61.4 Å². The normalized spacial score (nSPS) is 10.4. The van der Waals surface area contributed by atoms with E-state index in [2.05, 4.69) is 26.6 Å². The highest BCUT2D eigenvalue weighted by Gasteiger charge is 1.95. The summed E-state index contributed by atoms with van der Waals surface area (Å²) >= 11 is 3.39. The van der Waals surface area contributed by atoms with Gasteiger partial charge in [0.15, 0.2) is 0 Å². The molecule has 0 radical (unpaired) electrons. The lowest BCUT2D eigenvalue weighted by atomic mass is 10.2. The van der Waals surface area contributed by atoms with Crippen LogP contribution in [0.25, 0.3) is 6.08 Å². The predicted molar refractivity (Wildman–Crippen MR) is 66.8 cm³/mol. The number of benzene rings is 1. The van der Waals surface area contributed by atoms with Gasteiger partial charge in [0.25, 0.3) is 0 Å². The summed E-state index contributed by atoms with van der Waals surface area (Å²) < 4.78 is 0.962. The number of carbonyl (C=O) groups excluding carboxylic acids is 1. The molecule has 0 fully saturated rings. The average molecular weight is 285 g/mol. The molecule has 2 amide bonds. The van der Waals surface area contributed by atoms with E-state index in [9.17, 15) is 4.79 Å². The summed E-state index contributed by atoms with van der Waals surface area (Å²) in [6, 6.07) is 7.34. The zero-order valence-corrected chi connectivity index (χ0v) is 10.2. The zero-order valence-electron chi connectivity index (χ0n) is 8.61. The molecular formula is C11H13BrN2O2. The van der Waals surface area contributed by atoms with Gasteiger partial charge in [0, 0.05) is 17.2 Å². The Kier molecular flexibility index (Phi) is 5.60. The van der Waals surface area contributed by atoms with Crippen molar-refractivity contribution in [1.82, 2.24) is 10.6 Å². The van der Waals surface area contributed by atoms with Gasteiger partial charge in [0.1, 0.15) is 0 Å². The molecule has 86 valence electrons. The maximum Gasteiger partial charge on any atom is 0.318 e. The van der Waals surface area contributed by atoms with Crippen LogP contribution >= 0.6 is 15.9 Å². The number of halogens is 1. The highest BCUT2D eigenvalue weighted by molar-refractivity contribution is 9.10. The Hall–Kier alpha value is -1.33. The number of carbonyl (C=O) groups is 1. The second-order valence-corrected chi connectivity index (χ2v) is 3.83. The summed E-state index contributed by atoms with van der Waals surface area (Å²) in [5.74, 6) is 0. The van der Waals surface area contributed by atoms with Gasteiger partial charge in [0.05, 0.1) is 6.61 Å². The quantitative estimate of drug-likeness (QED) is 0.788. The first-order valence-electron chi connectivity index (χ1n) is 4.80. The lowest BCUT2D eigenvalue weighted by Crippen LogP contribution is -2.33. The Morgan fingerprint density at radius 3 is 2.88 bits per heavy atom. The number of hydrogen-bond acceptors (Lipinski definition) is 2. The standard InChI is InChI=1S/C11H13BrN2O2/c12-10-4-2-1-3-9(10)5-6-13-11(16)14-7-8-15/h1-6,15H,7-8H2,(H2,13,14,16)/b6-5+. The summed E-state index contributed by atoms with van der Waals surface area (Å²) in [5.41, 5.74) is 0.977. The first kappa shape index (κ1) is 12.7. The largest absolute Gasteiger partial charge is 0.395 e. The molecule has 0 bridgehead atoms. The van der Waals surface area contributed by atoms with Gasteiger partial charge in [0.2, 0.25) is 0 Å². The van der Waals surface area contributed by atoms with Crippen LogP contribution in [0.15, 0.2) is 34.9 Å². The van der Waals surface area contributed by atoms with E-state index in [4.69, 9.17) is 5.11 Å². The summed E-state index contributed by atoms with van der Waals surface area (Å²) in [6.45, 7) is 0.177. The van der Waals surface area contributed by atoms with Gasteiger partial charge in [-0.3, -0.25) is 0 Å². The van der Waals surface area contributed by atoms with E-state index < -0.39 is 0 Å². The third kappa shape index (κ3) is 4.46. The van der Waals surface area contributed by atoms with E-state index in [1.165, 1.54) is 0 Å². The van der Waals surface area contributed by atoms with Gasteiger partial charge in [-0.2, -0.15) is 0 Å². The molecule has 1 rings (SSSR count). The van der Waals surface area contributed by atoms with Gasteiger partial charge in [-0.25, -0.2) is 4.79 Å². The van der Waals surface area contributed by atoms with Crippen molar-refractivity contribution < 1.29 is 9.90 Å². The molecule has 0 aliphatic heterocycles. The molecule has 0 atom stereocenters. The minimum absolute atomic E-state index is 0.0681. The highest BCUT2D eigenvalue weighted by Crippen LogP contribution is 2.16. The first-order valence-corrected chi connectivity index (χ1v) is 5.59. The van der Waals surface area contributed by atoms with Crippen molar-refractivity contribution in [1.29, 1.82) is 0 Å². The molecule has 0 heterocycles.